The Hall–Kier alpha value is -1.40. The number of benzene rings is 1. The zero-order valence-corrected chi connectivity index (χ0v) is 14.7. The number of ether oxygens (including phenoxy) is 4. The second-order valence-electron chi connectivity index (χ2n) is 6.66. The van der Waals surface area contributed by atoms with Crippen molar-refractivity contribution in [2.75, 3.05) is 20.3 Å². The van der Waals surface area contributed by atoms with Gasteiger partial charge in [-0.3, -0.25) is 0 Å². The molecule has 3 rings (SSSR count). The standard InChI is InChI=1S/C19H27NO4/c1-13(2)20-10-16-19(12-22-11-15-8-6-5-7-9-15)18(21-4)17(23-16)14(3)24-19/h5-9,14,16-18,20H,1,10-12H2,2-4H3/t14-,16?,17-,18-,19-/m0/s1. The van der Waals surface area contributed by atoms with Crippen molar-refractivity contribution >= 4 is 0 Å². The minimum atomic E-state index is -0.587. The van der Waals surface area contributed by atoms with Crippen LogP contribution in [-0.2, 0) is 25.6 Å². The van der Waals surface area contributed by atoms with Crippen LogP contribution in [0.5, 0.6) is 0 Å². The van der Waals surface area contributed by atoms with Gasteiger partial charge in [-0.1, -0.05) is 36.9 Å². The summed E-state index contributed by atoms with van der Waals surface area (Å²) in [6.45, 7) is 9.46. The number of nitrogens with one attached hydrogen (secondary N) is 1. The Kier molecular flexibility index (Phi) is 5.25. The highest BCUT2D eigenvalue weighted by molar-refractivity contribution is 5.15. The summed E-state index contributed by atoms with van der Waals surface area (Å²) in [4.78, 5) is 0. The van der Waals surface area contributed by atoms with E-state index in [1.807, 2.05) is 32.0 Å². The second kappa shape index (κ2) is 7.23. The summed E-state index contributed by atoms with van der Waals surface area (Å²) < 4.78 is 24.2. The first-order valence-electron chi connectivity index (χ1n) is 8.44. The molecule has 0 spiro atoms. The molecule has 0 aliphatic carbocycles. The molecular weight excluding hydrogens is 306 g/mol. The van der Waals surface area contributed by atoms with E-state index in [2.05, 4.69) is 24.0 Å². The smallest absolute Gasteiger partial charge is 0.148 e. The Bertz CT molecular complexity index is 564. The number of rotatable bonds is 8. The summed E-state index contributed by atoms with van der Waals surface area (Å²) in [5.74, 6) is 0. The SMILES string of the molecule is C=C(C)NCC1O[C@H]2[C@H](C)O[C@]1(COCc1ccccc1)[C@H]2OC. The van der Waals surface area contributed by atoms with Crippen LogP contribution in [0.1, 0.15) is 19.4 Å². The van der Waals surface area contributed by atoms with Gasteiger partial charge in [-0.05, 0) is 19.4 Å². The predicted molar refractivity (Wildman–Crippen MR) is 91.7 cm³/mol. The Balaban J connectivity index is 1.69. The lowest BCUT2D eigenvalue weighted by molar-refractivity contribution is -0.202. The van der Waals surface area contributed by atoms with Crippen molar-refractivity contribution in [2.45, 2.75) is 50.5 Å². The molecule has 2 aliphatic heterocycles. The molecule has 0 amide bonds. The number of allylic oxidation sites excluding steroid dienone is 1. The zero-order chi connectivity index (χ0) is 17.2. The maximum atomic E-state index is 6.29. The first-order chi connectivity index (χ1) is 11.6. The van der Waals surface area contributed by atoms with Crippen molar-refractivity contribution in [2.24, 2.45) is 0 Å². The van der Waals surface area contributed by atoms with Gasteiger partial charge in [0.05, 0.1) is 19.3 Å². The van der Waals surface area contributed by atoms with Gasteiger partial charge in [0.15, 0.2) is 0 Å². The molecule has 2 bridgehead atoms. The topological polar surface area (TPSA) is 49.0 Å². The molecule has 0 aromatic heterocycles. The van der Waals surface area contributed by atoms with Crippen LogP contribution in [0.4, 0.5) is 0 Å². The lowest BCUT2D eigenvalue weighted by Gasteiger charge is -2.37. The van der Waals surface area contributed by atoms with E-state index in [-0.39, 0.29) is 24.4 Å². The monoisotopic (exact) mass is 333 g/mol. The fourth-order valence-corrected chi connectivity index (χ4v) is 3.68. The van der Waals surface area contributed by atoms with E-state index in [1.54, 1.807) is 7.11 Å². The summed E-state index contributed by atoms with van der Waals surface area (Å²) in [5, 5.41) is 3.25. The van der Waals surface area contributed by atoms with Crippen molar-refractivity contribution in [1.82, 2.24) is 5.32 Å². The fraction of sp³-hybridized carbons (Fsp3) is 0.579. The number of hydrogen-bond donors (Lipinski definition) is 1. The highest BCUT2D eigenvalue weighted by atomic mass is 16.7. The number of methoxy groups -OCH3 is 1. The van der Waals surface area contributed by atoms with Crippen LogP contribution in [0.2, 0.25) is 0 Å². The average molecular weight is 333 g/mol. The first kappa shape index (κ1) is 17.4. The summed E-state index contributed by atoms with van der Waals surface area (Å²) in [7, 11) is 1.71. The summed E-state index contributed by atoms with van der Waals surface area (Å²) in [6, 6.07) is 10.1. The Morgan fingerprint density at radius 1 is 1.33 bits per heavy atom. The van der Waals surface area contributed by atoms with Gasteiger partial charge in [0, 0.05) is 19.4 Å². The summed E-state index contributed by atoms with van der Waals surface area (Å²) in [5.41, 5.74) is 1.46. The molecule has 2 fully saturated rings. The molecule has 2 heterocycles. The molecule has 5 nitrogen and oxygen atoms in total. The van der Waals surface area contributed by atoms with Crippen LogP contribution in [0.25, 0.3) is 0 Å². The van der Waals surface area contributed by atoms with E-state index in [9.17, 15) is 0 Å². The molecule has 132 valence electrons. The lowest BCUT2D eigenvalue weighted by Crippen LogP contribution is -2.55. The van der Waals surface area contributed by atoms with Crippen molar-refractivity contribution in [3.63, 3.8) is 0 Å². The molecule has 24 heavy (non-hydrogen) atoms. The highest BCUT2D eigenvalue weighted by Crippen LogP contribution is 2.46. The summed E-state index contributed by atoms with van der Waals surface area (Å²) in [6.07, 6.45) is -0.320. The van der Waals surface area contributed by atoms with Gasteiger partial charge in [-0.2, -0.15) is 0 Å². The van der Waals surface area contributed by atoms with Crippen LogP contribution < -0.4 is 5.32 Å². The third-order valence-electron chi connectivity index (χ3n) is 4.80. The Morgan fingerprint density at radius 2 is 2.08 bits per heavy atom. The molecule has 1 unspecified atom stereocenters. The minimum Gasteiger partial charge on any atom is -0.386 e. The van der Waals surface area contributed by atoms with Crippen LogP contribution >= 0.6 is 0 Å². The quantitative estimate of drug-likeness (QED) is 0.791. The molecule has 5 atom stereocenters. The van der Waals surface area contributed by atoms with Gasteiger partial charge in [0.1, 0.15) is 23.9 Å². The van der Waals surface area contributed by atoms with E-state index < -0.39 is 5.60 Å². The molecule has 2 saturated heterocycles. The van der Waals surface area contributed by atoms with Gasteiger partial charge >= 0.3 is 0 Å². The van der Waals surface area contributed by atoms with Gasteiger partial charge < -0.3 is 24.3 Å². The second-order valence-corrected chi connectivity index (χ2v) is 6.66. The maximum Gasteiger partial charge on any atom is 0.148 e. The normalized spacial score (nSPS) is 34.5. The van der Waals surface area contributed by atoms with Gasteiger partial charge in [0.25, 0.3) is 0 Å². The average Bonchev–Trinajstić information content (AvgIpc) is 3.01. The third-order valence-corrected chi connectivity index (χ3v) is 4.80. The van der Waals surface area contributed by atoms with Gasteiger partial charge in [-0.25, -0.2) is 0 Å². The summed E-state index contributed by atoms with van der Waals surface area (Å²) >= 11 is 0. The van der Waals surface area contributed by atoms with Crippen LogP contribution in [-0.4, -0.2) is 50.3 Å². The maximum absolute atomic E-state index is 6.29. The van der Waals surface area contributed by atoms with Crippen molar-refractivity contribution < 1.29 is 18.9 Å². The van der Waals surface area contributed by atoms with Crippen LogP contribution in [0.3, 0.4) is 0 Å². The number of fused-ring (bicyclic) bond motifs is 2. The van der Waals surface area contributed by atoms with Crippen molar-refractivity contribution in [3.05, 3.63) is 48.2 Å². The van der Waals surface area contributed by atoms with E-state index in [1.165, 1.54) is 0 Å². The highest BCUT2D eigenvalue weighted by Gasteiger charge is 2.66. The Labute approximate surface area is 143 Å². The minimum absolute atomic E-state index is 0.00338. The van der Waals surface area contributed by atoms with Crippen molar-refractivity contribution in [1.29, 1.82) is 0 Å². The molecule has 1 N–H and O–H groups in total. The molecule has 1 aromatic rings. The van der Waals surface area contributed by atoms with Gasteiger partial charge in [0.2, 0.25) is 0 Å². The first-order valence-corrected chi connectivity index (χ1v) is 8.44. The van der Waals surface area contributed by atoms with Crippen molar-refractivity contribution in [3.8, 4) is 0 Å². The molecule has 5 heteroatoms. The molecule has 0 saturated carbocycles. The largest absolute Gasteiger partial charge is 0.386 e. The van der Waals surface area contributed by atoms with Crippen LogP contribution in [0.15, 0.2) is 42.6 Å². The predicted octanol–water partition coefficient (Wildman–Crippen LogP) is 2.27. The third kappa shape index (κ3) is 3.22. The van der Waals surface area contributed by atoms with E-state index in [4.69, 9.17) is 18.9 Å². The molecule has 0 radical (unpaired) electrons. The van der Waals surface area contributed by atoms with E-state index in [0.29, 0.717) is 19.8 Å². The number of hydrogen-bond acceptors (Lipinski definition) is 5. The van der Waals surface area contributed by atoms with E-state index in [0.717, 1.165) is 11.3 Å². The Morgan fingerprint density at radius 3 is 2.75 bits per heavy atom. The lowest BCUT2D eigenvalue weighted by atomic mass is 9.92. The van der Waals surface area contributed by atoms with Crippen LogP contribution in [0, 0.1) is 0 Å². The van der Waals surface area contributed by atoms with Gasteiger partial charge in [-0.15, -0.1) is 0 Å². The fourth-order valence-electron chi connectivity index (χ4n) is 3.68. The molecular formula is C19H27NO4. The van der Waals surface area contributed by atoms with E-state index >= 15 is 0 Å². The molecule has 2 aliphatic rings. The zero-order valence-electron chi connectivity index (χ0n) is 14.7. The molecule has 1 aromatic carbocycles.